The molecule has 0 saturated carbocycles. The van der Waals surface area contributed by atoms with Crippen LogP contribution in [0, 0.1) is 11.5 Å². The van der Waals surface area contributed by atoms with Crippen LogP contribution in [0.3, 0.4) is 0 Å². The Hall–Kier alpha value is -0.690. The molecule has 0 saturated heterocycles. The second kappa shape index (κ2) is 6.99. The molecule has 0 aliphatic rings. The van der Waals surface area contributed by atoms with Crippen LogP contribution in [-0.2, 0) is 0 Å². The molecular weight excluding hydrogens is 170 g/mol. The first-order valence-corrected chi connectivity index (χ1v) is 5.20. The lowest BCUT2D eigenvalue weighted by atomic mass is 10.3. The van der Waals surface area contributed by atoms with Crippen LogP contribution < -0.4 is 0 Å². The third-order valence-electron chi connectivity index (χ3n) is 1.50. The molecule has 0 aromatic carbocycles. The van der Waals surface area contributed by atoms with Crippen molar-refractivity contribution in [2.75, 3.05) is 19.8 Å². The summed E-state index contributed by atoms with van der Waals surface area (Å²) in [6.45, 7) is 3.12. The second-order valence-corrected chi connectivity index (χ2v) is 3.25. The van der Waals surface area contributed by atoms with Crippen molar-refractivity contribution >= 4 is 16.9 Å². The van der Waals surface area contributed by atoms with Gasteiger partial charge in [0.1, 0.15) is 0 Å². The molecule has 4 heteroatoms. The number of hydrogen-bond donors (Lipinski definition) is 0. The van der Waals surface area contributed by atoms with Crippen LogP contribution in [0.5, 0.6) is 0 Å². The summed E-state index contributed by atoms with van der Waals surface area (Å²) >= 11 is 1.51. The van der Waals surface area contributed by atoms with Gasteiger partial charge in [0, 0.05) is 13.6 Å². The average Bonchev–Trinajstić information content (AvgIpc) is 2.10. The molecule has 0 aromatic rings. The van der Waals surface area contributed by atoms with Gasteiger partial charge in [0.25, 0.3) is 0 Å². The topological polar surface area (TPSA) is 39.4 Å². The zero-order valence-corrected chi connectivity index (χ0v) is 8.69. The van der Waals surface area contributed by atoms with Gasteiger partial charge in [0.2, 0.25) is 6.19 Å². The van der Waals surface area contributed by atoms with Crippen LogP contribution in [0.4, 0.5) is 0 Å². The Morgan fingerprint density at radius 3 is 2.75 bits per heavy atom. The summed E-state index contributed by atoms with van der Waals surface area (Å²) in [4.78, 5) is 5.72. The van der Waals surface area contributed by atoms with Gasteiger partial charge in [-0.2, -0.15) is 5.26 Å². The average molecular weight is 185 g/mol. The monoisotopic (exact) mass is 185 g/mol. The van der Waals surface area contributed by atoms with Crippen molar-refractivity contribution in [3.05, 3.63) is 0 Å². The number of nitriles is 1. The van der Waals surface area contributed by atoms with Gasteiger partial charge in [-0.3, -0.25) is 0 Å². The number of unbranched alkanes of at least 4 members (excludes halogenated alkanes) is 1. The lowest BCUT2D eigenvalue weighted by Gasteiger charge is -2.17. The smallest absolute Gasteiger partial charge is 0.208 e. The van der Waals surface area contributed by atoms with Gasteiger partial charge in [-0.25, -0.2) is 0 Å². The van der Waals surface area contributed by atoms with Gasteiger partial charge in [-0.15, -0.1) is 4.99 Å². The van der Waals surface area contributed by atoms with Gasteiger partial charge >= 0.3 is 0 Å². The third kappa shape index (κ3) is 4.24. The van der Waals surface area contributed by atoms with E-state index in [4.69, 9.17) is 5.26 Å². The van der Waals surface area contributed by atoms with Crippen LogP contribution in [0.1, 0.15) is 19.8 Å². The van der Waals surface area contributed by atoms with E-state index in [1.165, 1.54) is 18.2 Å². The maximum absolute atomic E-state index is 8.36. The van der Waals surface area contributed by atoms with Gasteiger partial charge in [-0.1, -0.05) is 25.1 Å². The minimum atomic E-state index is 0.797. The second-order valence-electron chi connectivity index (χ2n) is 2.47. The fourth-order valence-corrected chi connectivity index (χ4v) is 1.36. The first kappa shape index (κ1) is 11.3. The molecule has 12 heavy (non-hydrogen) atoms. The van der Waals surface area contributed by atoms with Crippen molar-refractivity contribution in [2.24, 2.45) is 4.99 Å². The first-order valence-electron chi connectivity index (χ1n) is 3.98. The Kier molecular flexibility index (Phi) is 6.58. The number of amidine groups is 1. The van der Waals surface area contributed by atoms with Crippen molar-refractivity contribution in [3.63, 3.8) is 0 Å². The van der Waals surface area contributed by atoms with E-state index in [1.807, 2.05) is 18.2 Å². The zero-order chi connectivity index (χ0) is 9.40. The Morgan fingerprint density at radius 2 is 2.33 bits per heavy atom. The fourth-order valence-electron chi connectivity index (χ4n) is 0.821. The summed E-state index contributed by atoms with van der Waals surface area (Å²) in [5.41, 5.74) is 0. The van der Waals surface area contributed by atoms with E-state index < -0.39 is 0 Å². The van der Waals surface area contributed by atoms with Crippen LogP contribution in [0.2, 0.25) is 0 Å². The lowest BCUT2D eigenvalue weighted by Crippen LogP contribution is -2.24. The highest BCUT2D eigenvalue weighted by atomic mass is 32.2. The largest absolute Gasteiger partial charge is 0.354 e. The summed E-state index contributed by atoms with van der Waals surface area (Å²) in [6, 6.07) is 0. The number of aliphatic imine (C=N–C) groups is 1. The highest BCUT2D eigenvalue weighted by molar-refractivity contribution is 8.13. The van der Waals surface area contributed by atoms with E-state index >= 15 is 0 Å². The molecule has 68 valence electrons. The van der Waals surface area contributed by atoms with Crippen LogP contribution in [0.15, 0.2) is 4.99 Å². The molecule has 0 N–H and O–H groups in total. The first-order chi connectivity index (χ1) is 5.76. The summed E-state index contributed by atoms with van der Waals surface area (Å²) in [7, 11) is 1.96. The van der Waals surface area contributed by atoms with Gasteiger partial charge in [0.15, 0.2) is 5.17 Å². The summed E-state index contributed by atoms with van der Waals surface area (Å²) in [5, 5.41) is 9.16. The standard InChI is InChI=1S/C8H15N3S/c1-4-5-6-11(2)8(12-3)10-7-9/h4-6H2,1-3H3. The van der Waals surface area contributed by atoms with Crippen molar-refractivity contribution in [1.29, 1.82) is 5.26 Å². The Balaban J connectivity index is 3.96. The summed E-state index contributed by atoms with van der Waals surface area (Å²) < 4.78 is 0. The minimum Gasteiger partial charge on any atom is -0.354 e. The number of nitrogens with zero attached hydrogens (tertiary/aromatic N) is 3. The maximum Gasteiger partial charge on any atom is 0.208 e. The molecule has 0 amide bonds. The Bertz CT molecular complexity index is 183. The molecule has 0 aliphatic carbocycles. The highest BCUT2D eigenvalue weighted by Gasteiger charge is 2.02. The molecule has 0 radical (unpaired) electrons. The van der Waals surface area contributed by atoms with E-state index in [-0.39, 0.29) is 0 Å². The Labute approximate surface area is 78.5 Å². The molecule has 0 fully saturated rings. The quantitative estimate of drug-likeness (QED) is 0.383. The van der Waals surface area contributed by atoms with Crippen molar-refractivity contribution in [2.45, 2.75) is 19.8 Å². The number of thioether (sulfide) groups is 1. The molecule has 0 unspecified atom stereocenters. The predicted octanol–water partition coefficient (Wildman–Crippen LogP) is 1.92. The SMILES string of the molecule is CCCCN(C)C(=NC#N)SC. The van der Waals surface area contributed by atoms with E-state index in [0.29, 0.717) is 0 Å². The third-order valence-corrected chi connectivity index (χ3v) is 2.27. The molecular formula is C8H15N3S. The van der Waals surface area contributed by atoms with E-state index in [1.54, 1.807) is 6.19 Å². The lowest BCUT2D eigenvalue weighted by molar-refractivity contribution is 0.493. The number of rotatable bonds is 3. The highest BCUT2D eigenvalue weighted by Crippen LogP contribution is 2.04. The van der Waals surface area contributed by atoms with Gasteiger partial charge < -0.3 is 4.90 Å². The minimum absolute atomic E-state index is 0.797. The summed E-state index contributed by atoms with van der Waals surface area (Å²) in [5.74, 6) is 0. The van der Waals surface area contributed by atoms with Crippen molar-refractivity contribution in [3.8, 4) is 6.19 Å². The summed E-state index contributed by atoms with van der Waals surface area (Å²) in [6.07, 6.45) is 6.04. The van der Waals surface area contributed by atoms with Gasteiger partial charge in [-0.05, 0) is 12.7 Å². The van der Waals surface area contributed by atoms with E-state index in [0.717, 1.165) is 18.1 Å². The molecule has 0 rings (SSSR count). The van der Waals surface area contributed by atoms with Gasteiger partial charge in [0.05, 0.1) is 0 Å². The molecule has 0 heterocycles. The van der Waals surface area contributed by atoms with E-state index in [9.17, 15) is 0 Å². The number of hydrogen-bond acceptors (Lipinski definition) is 3. The normalized spacial score (nSPS) is 11.0. The molecule has 3 nitrogen and oxygen atoms in total. The van der Waals surface area contributed by atoms with Crippen LogP contribution in [0.25, 0.3) is 0 Å². The van der Waals surface area contributed by atoms with Crippen LogP contribution >= 0.6 is 11.8 Å². The van der Waals surface area contributed by atoms with E-state index in [2.05, 4.69) is 11.9 Å². The maximum atomic E-state index is 8.36. The predicted molar refractivity (Wildman–Crippen MR) is 54.1 cm³/mol. The molecule has 0 atom stereocenters. The molecule has 0 aliphatic heterocycles. The van der Waals surface area contributed by atoms with Crippen LogP contribution in [-0.4, -0.2) is 29.9 Å². The fraction of sp³-hybridized carbons (Fsp3) is 0.750. The Morgan fingerprint density at radius 1 is 1.67 bits per heavy atom. The molecule has 0 spiro atoms. The van der Waals surface area contributed by atoms with Crippen molar-refractivity contribution in [1.82, 2.24) is 4.90 Å². The molecule has 0 bridgehead atoms. The van der Waals surface area contributed by atoms with Crippen molar-refractivity contribution < 1.29 is 0 Å². The molecule has 0 aromatic heterocycles. The zero-order valence-electron chi connectivity index (χ0n) is 7.87.